The van der Waals surface area contributed by atoms with Gasteiger partial charge in [-0.15, -0.1) is 0 Å². The van der Waals surface area contributed by atoms with Crippen LogP contribution in [0.25, 0.3) is 10.9 Å². The van der Waals surface area contributed by atoms with Crippen molar-refractivity contribution in [3.8, 4) is 0 Å². The molecule has 0 unspecified atom stereocenters. The summed E-state index contributed by atoms with van der Waals surface area (Å²) in [6, 6.07) is 8.42. The Balaban J connectivity index is 2.25. The predicted octanol–water partition coefficient (Wildman–Crippen LogP) is 3.77. The van der Waals surface area contributed by atoms with Crippen molar-refractivity contribution in [1.29, 1.82) is 0 Å². The van der Waals surface area contributed by atoms with E-state index in [4.69, 9.17) is 0 Å². The van der Waals surface area contributed by atoms with Gasteiger partial charge in [-0.25, -0.2) is 0 Å². The van der Waals surface area contributed by atoms with Crippen LogP contribution in [0, 0.1) is 12.3 Å². The van der Waals surface area contributed by atoms with Gasteiger partial charge < -0.3 is 4.98 Å². The summed E-state index contributed by atoms with van der Waals surface area (Å²) in [5.41, 5.74) is 2.55. The lowest BCUT2D eigenvalue weighted by molar-refractivity contribution is 0.644. The van der Waals surface area contributed by atoms with E-state index in [-0.39, 0.29) is 0 Å². The van der Waals surface area contributed by atoms with Gasteiger partial charge in [0.2, 0.25) is 0 Å². The summed E-state index contributed by atoms with van der Waals surface area (Å²) in [5.74, 6) is 0.726. The van der Waals surface area contributed by atoms with Crippen molar-refractivity contribution in [3.63, 3.8) is 0 Å². The van der Waals surface area contributed by atoms with Gasteiger partial charge in [-0.2, -0.15) is 0 Å². The number of benzene rings is 1. The average molecular weight is 186 g/mol. The summed E-state index contributed by atoms with van der Waals surface area (Å²) in [5, 5.41) is 1.33. The third-order valence-corrected chi connectivity index (χ3v) is 2.43. The van der Waals surface area contributed by atoms with Crippen LogP contribution in [0.15, 0.2) is 30.5 Å². The number of fused-ring (bicyclic) bond motifs is 1. The Bertz CT molecular complexity index is 412. The maximum absolute atomic E-state index is 3.28. The lowest BCUT2D eigenvalue weighted by Crippen LogP contribution is -1.88. The van der Waals surface area contributed by atoms with Crippen molar-refractivity contribution < 1.29 is 0 Å². The highest BCUT2D eigenvalue weighted by molar-refractivity contribution is 5.84. The van der Waals surface area contributed by atoms with Crippen molar-refractivity contribution in [2.45, 2.75) is 20.3 Å². The van der Waals surface area contributed by atoms with Crippen LogP contribution in [0.2, 0.25) is 0 Å². The van der Waals surface area contributed by atoms with Gasteiger partial charge in [0.15, 0.2) is 0 Å². The molecule has 0 fully saturated rings. The summed E-state index contributed by atoms with van der Waals surface area (Å²) in [7, 11) is 0. The molecule has 0 bridgehead atoms. The third kappa shape index (κ3) is 1.82. The van der Waals surface area contributed by atoms with Gasteiger partial charge >= 0.3 is 0 Å². The fourth-order valence-electron chi connectivity index (χ4n) is 1.63. The molecule has 0 spiro atoms. The Morgan fingerprint density at radius 1 is 1.29 bits per heavy atom. The van der Waals surface area contributed by atoms with Crippen LogP contribution in [0.5, 0.6) is 0 Å². The second kappa shape index (κ2) is 3.87. The largest absolute Gasteiger partial charge is 0.361 e. The van der Waals surface area contributed by atoms with Crippen LogP contribution in [0.4, 0.5) is 0 Å². The Hall–Kier alpha value is -1.24. The first kappa shape index (κ1) is 9.32. The van der Waals surface area contributed by atoms with E-state index in [9.17, 15) is 0 Å². The standard InChI is InChI=1S/C13H16N/c1-10(2)7-8-11-9-14-13-6-4-3-5-12(11)13/h3-6,8-10,14H,7H2,1-2H3. The number of aromatic nitrogens is 1. The minimum atomic E-state index is 0.726. The number of H-pyrrole nitrogens is 1. The zero-order valence-electron chi connectivity index (χ0n) is 8.75. The van der Waals surface area contributed by atoms with Crippen LogP contribution >= 0.6 is 0 Å². The van der Waals surface area contributed by atoms with Gasteiger partial charge in [-0.1, -0.05) is 32.0 Å². The highest BCUT2D eigenvalue weighted by Gasteiger charge is 2.03. The molecule has 14 heavy (non-hydrogen) atoms. The summed E-state index contributed by atoms with van der Waals surface area (Å²) >= 11 is 0. The molecule has 1 N–H and O–H groups in total. The molecule has 1 aromatic heterocycles. The Morgan fingerprint density at radius 3 is 2.86 bits per heavy atom. The normalized spacial score (nSPS) is 11.4. The van der Waals surface area contributed by atoms with E-state index in [0.29, 0.717) is 0 Å². The van der Waals surface area contributed by atoms with Crippen LogP contribution in [0.3, 0.4) is 0 Å². The highest BCUT2D eigenvalue weighted by atomic mass is 14.7. The Kier molecular flexibility index (Phi) is 2.58. The number of hydrogen-bond acceptors (Lipinski definition) is 0. The Morgan fingerprint density at radius 2 is 2.07 bits per heavy atom. The fraction of sp³-hybridized carbons (Fsp3) is 0.308. The molecule has 2 rings (SSSR count). The maximum Gasteiger partial charge on any atom is 0.0456 e. The van der Waals surface area contributed by atoms with E-state index < -0.39 is 0 Å². The van der Waals surface area contributed by atoms with Gasteiger partial charge in [0.05, 0.1) is 0 Å². The number of aromatic amines is 1. The number of para-hydroxylation sites is 1. The van der Waals surface area contributed by atoms with E-state index >= 15 is 0 Å². The monoisotopic (exact) mass is 186 g/mol. The first-order valence-electron chi connectivity index (χ1n) is 5.16. The minimum absolute atomic E-state index is 0.726. The topological polar surface area (TPSA) is 15.8 Å². The van der Waals surface area contributed by atoms with E-state index in [2.05, 4.69) is 55.7 Å². The first-order chi connectivity index (χ1) is 6.77. The fourth-order valence-corrected chi connectivity index (χ4v) is 1.63. The summed E-state index contributed by atoms with van der Waals surface area (Å²) in [6.45, 7) is 4.48. The second-order valence-corrected chi connectivity index (χ2v) is 4.12. The quantitative estimate of drug-likeness (QED) is 0.751. The summed E-state index contributed by atoms with van der Waals surface area (Å²) in [4.78, 5) is 3.28. The average Bonchev–Trinajstić information content (AvgIpc) is 2.58. The number of rotatable bonds is 3. The summed E-state index contributed by atoms with van der Waals surface area (Å²) in [6.07, 6.45) is 5.54. The predicted molar refractivity (Wildman–Crippen MR) is 61.2 cm³/mol. The van der Waals surface area contributed by atoms with Crippen LogP contribution in [0.1, 0.15) is 25.8 Å². The highest BCUT2D eigenvalue weighted by Crippen LogP contribution is 2.21. The molecule has 0 saturated carbocycles. The van der Waals surface area contributed by atoms with Crippen molar-refractivity contribution in [2.75, 3.05) is 0 Å². The molecule has 73 valence electrons. The van der Waals surface area contributed by atoms with Crippen molar-refractivity contribution >= 4 is 10.9 Å². The molecule has 2 aromatic rings. The van der Waals surface area contributed by atoms with Gasteiger partial charge in [0.25, 0.3) is 0 Å². The lowest BCUT2D eigenvalue weighted by atomic mass is 10.0. The van der Waals surface area contributed by atoms with Crippen LogP contribution in [-0.4, -0.2) is 4.98 Å². The van der Waals surface area contributed by atoms with Gasteiger partial charge in [-0.3, -0.25) is 0 Å². The molecule has 0 saturated heterocycles. The zero-order valence-corrected chi connectivity index (χ0v) is 8.75. The molecule has 0 aliphatic heterocycles. The molecular formula is C13H16N. The van der Waals surface area contributed by atoms with Crippen molar-refractivity contribution in [3.05, 3.63) is 42.4 Å². The van der Waals surface area contributed by atoms with Crippen molar-refractivity contribution in [2.24, 2.45) is 5.92 Å². The third-order valence-electron chi connectivity index (χ3n) is 2.43. The van der Waals surface area contributed by atoms with Crippen LogP contribution < -0.4 is 0 Å². The number of nitrogens with one attached hydrogen (secondary N) is 1. The summed E-state index contributed by atoms with van der Waals surface area (Å²) < 4.78 is 0. The van der Waals surface area contributed by atoms with E-state index in [1.165, 1.54) is 16.5 Å². The van der Waals surface area contributed by atoms with Gasteiger partial charge in [0, 0.05) is 17.1 Å². The smallest absolute Gasteiger partial charge is 0.0456 e. The molecule has 1 radical (unpaired) electrons. The molecule has 0 amide bonds. The van der Waals surface area contributed by atoms with E-state index in [1.54, 1.807) is 0 Å². The Labute approximate surface area is 85.1 Å². The number of hydrogen-bond donors (Lipinski definition) is 1. The van der Waals surface area contributed by atoms with E-state index in [1.807, 2.05) is 0 Å². The minimum Gasteiger partial charge on any atom is -0.361 e. The van der Waals surface area contributed by atoms with Crippen LogP contribution in [-0.2, 0) is 0 Å². The lowest BCUT2D eigenvalue weighted by Gasteiger charge is -2.02. The molecule has 1 heteroatoms. The molecule has 0 aliphatic rings. The first-order valence-corrected chi connectivity index (χ1v) is 5.16. The van der Waals surface area contributed by atoms with Gasteiger partial charge in [-0.05, 0) is 30.4 Å². The zero-order chi connectivity index (χ0) is 9.97. The van der Waals surface area contributed by atoms with E-state index in [0.717, 1.165) is 12.3 Å². The molecular weight excluding hydrogens is 170 g/mol. The SMILES string of the molecule is CC(C)C[CH]c1c[nH]c2ccccc12. The molecule has 0 aliphatic carbocycles. The van der Waals surface area contributed by atoms with Crippen molar-refractivity contribution in [1.82, 2.24) is 4.98 Å². The molecule has 1 heterocycles. The molecule has 0 atom stereocenters. The maximum atomic E-state index is 3.28. The van der Waals surface area contributed by atoms with Gasteiger partial charge in [0.1, 0.15) is 0 Å². The molecule has 1 aromatic carbocycles. The molecule has 1 nitrogen and oxygen atoms in total. The second-order valence-electron chi connectivity index (χ2n) is 4.12.